The van der Waals surface area contributed by atoms with Crippen LogP contribution in [0.3, 0.4) is 0 Å². The van der Waals surface area contributed by atoms with Gasteiger partial charge in [-0.1, -0.05) is 13.8 Å². The monoisotopic (exact) mass is 216 g/mol. The van der Waals surface area contributed by atoms with Crippen molar-refractivity contribution in [2.24, 2.45) is 0 Å². The van der Waals surface area contributed by atoms with Gasteiger partial charge in [0.2, 0.25) is 0 Å². The van der Waals surface area contributed by atoms with Gasteiger partial charge in [-0.15, -0.1) is 0 Å². The summed E-state index contributed by atoms with van der Waals surface area (Å²) in [5, 5.41) is 12.2. The molecular formula is C12H28N2O. The summed E-state index contributed by atoms with van der Waals surface area (Å²) in [5.41, 5.74) is 0. The van der Waals surface area contributed by atoms with Gasteiger partial charge in [-0.2, -0.15) is 0 Å². The van der Waals surface area contributed by atoms with E-state index in [1.165, 1.54) is 13.0 Å². The van der Waals surface area contributed by atoms with Crippen LogP contribution in [0.2, 0.25) is 0 Å². The van der Waals surface area contributed by atoms with E-state index in [0.29, 0.717) is 12.6 Å². The van der Waals surface area contributed by atoms with Crippen LogP contribution in [0.15, 0.2) is 0 Å². The summed E-state index contributed by atoms with van der Waals surface area (Å²) < 4.78 is 0. The van der Waals surface area contributed by atoms with Crippen LogP contribution in [0.1, 0.15) is 40.0 Å². The maximum absolute atomic E-state index is 8.70. The van der Waals surface area contributed by atoms with Crippen molar-refractivity contribution in [2.75, 3.05) is 32.8 Å². The van der Waals surface area contributed by atoms with Crippen molar-refractivity contribution in [1.82, 2.24) is 10.2 Å². The molecule has 2 N–H and O–H groups in total. The summed E-state index contributed by atoms with van der Waals surface area (Å²) in [5.74, 6) is 0. The van der Waals surface area contributed by atoms with Crippen molar-refractivity contribution in [3.05, 3.63) is 0 Å². The van der Waals surface area contributed by atoms with Gasteiger partial charge in [0.05, 0.1) is 0 Å². The van der Waals surface area contributed by atoms with Gasteiger partial charge >= 0.3 is 0 Å². The first kappa shape index (κ1) is 14.9. The van der Waals surface area contributed by atoms with E-state index in [0.717, 1.165) is 32.5 Å². The molecule has 0 spiro atoms. The normalized spacial score (nSPS) is 13.4. The third-order valence-corrected chi connectivity index (χ3v) is 2.70. The van der Waals surface area contributed by atoms with E-state index in [-0.39, 0.29) is 0 Å². The van der Waals surface area contributed by atoms with Crippen molar-refractivity contribution in [3.63, 3.8) is 0 Å². The van der Waals surface area contributed by atoms with Crippen molar-refractivity contribution in [3.8, 4) is 0 Å². The molecule has 0 aliphatic rings. The maximum Gasteiger partial charge on any atom is 0.0431 e. The first-order chi connectivity index (χ1) is 7.24. The highest BCUT2D eigenvalue weighted by Crippen LogP contribution is 1.95. The number of nitrogens with one attached hydrogen (secondary N) is 1. The molecule has 0 aliphatic heterocycles. The Hall–Kier alpha value is -0.120. The third-order valence-electron chi connectivity index (χ3n) is 2.70. The summed E-state index contributed by atoms with van der Waals surface area (Å²) in [6.45, 7) is 11.5. The van der Waals surface area contributed by atoms with Gasteiger partial charge in [0, 0.05) is 25.7 Å². The zero-order chi connectivity index (χ0) is 11.5. The molecule has 0 aromatic carbocycles. The van der Waals surface area contributed by atoms with Crippen molar-refractivity contribution < 1.29 is 5.11 Å². The molecular weight excluding hydrogens is 188 g/mol. The van der Waals surface area contributed by atoms with E-state index in [2.05, 4.69) is 31.0 Å². The quantitative estimate of drug-likeness (QED) is 0.580. The number of likely N-dealkylation sites (N-methyl/N-ethyl adjacent to an activating group) is 1. The molecule has 0 saturated carbocycles. The Labute approximate surface area is 94.9 Å². The molecule has 0 rings (SSSR count). The van der Waals surface area contributed by atoms with Gasteiger partial charge in [0.25, 0.3) is 0 Å². The molecule has 1 unspecified atom stereocenters. The number of aliphatic hydroxyl groups is 1. The van der Waals surface area contributed by atoms with Gasteiger partial charge in [0.15, 0.2) is 0 Å². The van der Waals surface area contributed by atoms with E-state index in [1.807, 2.05) is 0 Å². The number of nitrogens with zero attached hydrogens (tertiary/aromatic N) is 1. The number of hydrogen-bond donors (Lipinski definition) is 2. The zero-order valence-corrected chi connectivity index (χ0v) is 10.6. The minimum absolute atomic E-state index is 0.308. The average molecular weight is 216 g/mol. The van der Waals surface area contributed by atoms with Crippen LogP contribution in [-0.2, 0) is 0 Å². The van der Waals surface area contributed by atoms with Gasteiger partial charge < -0.3 is 15.3 Å². The summed E-state index contributed by atoms with van der Waals surface area (Å²) in [6.07, 6.45) is 3.20. The van der Waals surface area contributed by atoms with E-state index in [1.54, 1.807) is 0 Å². The second kappa shape index (κ2) is 10.4. The van der Waals surface area contributed by atoms with Crippen LogP contribution in [0.5, 0.6) is 0 Å². The lowest BCUT2D eigenvalue weighted by molar-refractivity contribution is 0.266. The van der Waals surface area contributed by atoms with Crippen molar-refractivity contribution >= 4 is 0 Å². The molecule has 0 aromatic rings. The van der Waals surface area contributed by atoms with Crippen molar-refractivity contribution in [2.45, 2.75) is 46.1 Å². The van der Waals surface area contributed by atoms with Crippen LogP contribution < -0.4 is 5.32 Å². The molecule has 0 saturated heterocycles. The topological polar surface area (TPSA) is 35.5 Å². The second-order valence-corrected chi connectivity index (χ2v) is 4.16. The molecule has 3 heteroatoms. The Morgan fingerprint density at radius 3 is 2.53 bits per heavy atom. The fourth-order valence-electron chi connectivity index (χ4n) is 1.71. The fraction of sp³-hybridized carbons (Fsp3) is 1.00. The van der Waals surface area contributed by atoms with Crippen LogP contribution >= 0.6 is 0 Å². The van der Waals surface area contributed by atoms with E-state index >= 15 is 0 Å². The lowest BCUT2D eigenvalue weighted by Crippen LogP contribution is -2.36. The van der Waals surface area contributed by atoms with E-state index < -0.39 is 0 Å². The highest BCUT2D eigenvalue weighted by atomic mass is 16.2. The molecule has 0 fully saturated rings. The lowest BCUT2D eigenvalue weighted by atomic mass is 10.2. The molecule has 0 radical (unpaired) electrons. The highest BCUT2D eigenvalue weighted by molar-refractivity contribution is 4.63. The number of hydrogen-bond acceptors (Lipinski definition) is 3. The first-order valence-corrected chi connectivity index (χ1v) is 6.31. The molecule has 0 bridgehead atoms. The van der Waals surface area contributed by atoms with E-state index in [9.17, 15) is 0 Å². The van der Waals surface area contributed by atoms with Crippen LogP contribution in [0.4, 0.5) is 0 Å². The summed E-state index contributed by atoms with van der Waals surface area (Å²) in [7, 11) is 0. The Balaban J connectivity index is 3.41. The third kappa shape index (κ3) is 8.85. The molecule has 92 valence electrons. The Bertz CT molecular complexity index is 131. The lowest BCUT2D eigenvalue weighted by Gasteiger charge is -2.21. The smallest absolute Gasteiger partial charge is 0.0431 e. The molecule has 3 nitrogen and oxygen atoms in total. The Kier molecular flexibility index (Phi) is 10.3. The second-order valence-electron chi connectivity index (χ2n) is 4.16. The minimum Gasteiger partial charge on any atom is -0.396 e. The van der Waals surface area contributed by atoms with Gasteiger partial charge in [-0.05, 0) is 39.3 Å². The standard InChI is InChI=1S/C12H28N2O/c1-4-9-14(5-2)10-8-13-12(3)7-6-11-15/h12-13,15H,4-11H2,1-3H3. The molecule has 1 atom stereocenters. The predicted molar refractivity (Wildman–Crippen MR) is 66.2 cm³/mol. The molecule has 0 aromatic heterocycles. The molecule has 15 heavy (non-hydrogen) atoms. The zero-order valence-electron chi connectivity index (χ0n) is 10.6. The average Bonchev–Trinajstić information content (AvgIpc) is 2.25. The van der Waals surface area contributed by atoms with Gasteiger partial charge in [-0.25, -0.2) is 0 Å². The van der Waals surface area contributed by atoms with E-state index in [4.69, 9.17) is 5.11 Å². The number of rotatable bonds is 10. The van der Waals surface area contributed by atoms with Gasteiger partial charge in [-0.3, -0.25) is 0 Å². The number of aliphatic hydroxyl groups excluding tert-OH is 1. The highest BCUT2D eigenvalue weighted by Gasteiger charge is 2.03. The molecule has 0 aliphatic carbocycles. The Morgan fingerprint density at radius 2 is 2.00 bits per heavy atom. The van der Waals surface area contributed by atoms with Crippen LogP contribution in [-0.4, -0.2) is 48.8 Å². The SMILES string of the molecule is CCCN(CC)CCNC(C)CCCO. The largest absolute Gasteiger partial charge is 0.396 e. The van der Waals surface area contributed by atoms with Crippen LogP contribution in [0.25, 0.3) is 0 Å². The minimum atomic E-state index is 0.308. The van der Waals surface area contributed by atoms with Crippen molar-refractivity contribution in [1.29, 1.82) is 0 Å². The molecule has 0 heterocycles. The first-order valence-electron chi connectivity index (χ1n) is 6.31. The van der Waals surface area contributed by atoms with Crippen LogP contribution in [0, 0.1) is 0 Å². The maximum atomic E-state index is 8.70. The summed E-state index contributed by atoms with van der Waals surface area (Å²) >= 11 is 0. The molecule has 0 amide bonds. The summed E-state index contributed by atoms with van der Waals surface area (Å²) in [4.78, 5) is 2.46. The summed E-state index contributed by atoms with van der Waals surface area (Å²) in [6, 6.07) is 0.525. The Morgan fingerprint density at radius 1 is 1.27 bits per heavy atom. The fourth-order valence-corrected chi connectivity index (χ4v) is 1.71. The van der Waals surface area contributed by atoms with Gasteiger partial charge in [0.1, 0.15) is 0 Å². The predicted octanol–water partition coefficient (Wildman–Crippen LogP) is 1.47.